The molecule has 1 aromatic rings. The fourth-order valence-corrected chi connectivity index (χ4v) is 1.40. The molecule has 1 heterocycles. The molecule has 0 spiro atoms. The molecule has 2 rings (SSSR count). The molecule has 0 atom stereocenters. The maximum Gasteiger partial charge on any atom is 0.197 e. The fourth-order valence-electron chi connectivity index (χ4n) is 1.40. The summed E-state index contributed by atoms with van der Waals surface area (Å²) in [6, 6.07) is 3.50. The molecule has 1 aromatic carbocycles. The zero-order chi connectivity index (χ0) is 12.0. The minimum Gasteiger partial charge on any atom is -0.486 e. The van der Waals surface area contributed by atoms with Gasteiger partial charge in [0.05, 0.1) is 0 Å². The first-order chi connectivity index (χ1) is 7.74. The summed E-state index contributed by atoms with van der Waals surface area (Å²) >= 11 is 0. The van der Waals surface area contributed by atoms with E-state index in [9.17, 15) is 4.39 Å². The van der Waals surface area contributed by atoms with Crippen LogP contribution in [-0.2, 0) is 6.42 Å². The van der Waals surface area contributed by atoms with Crippen LogP contribution in [0.15, 0.2) is 12.1 Å². The van der Waals surface area contributed by atoms with Gasteiger partial charge >= 0.3 is 0 Å². The highest BCUT2D eigenvalue weighted by molar-refractivity contribution is 5.45. The Morgan fingerprint density at radius 1 is 1.12 bits per heavy atom. The third-order valence-electron chi connectivity index (χ3n) is 2.11. The van der Waals surface area contributed by atoms with Crippen molar-refractivity contribution in [3.8, 4) is 11.5 Å². The molecule has 0 radical (unpaired) electrons. The maximum atomic E-state index is 13.5. The molecular weight excluding hydrogens is 207 g/mol. The molecule has 0 saturated carbocycles. The topological polar surface area (TPSA) is 18.5 Å². The second kappa shape index (κ2) is 6.36. The molecular formula is C13H19FO2. The van der Waals surface area contributed by atoms with Gasteiger partial charge in [-0.15, -0.1) is 0 Å². The van der Waals surface area contributed by atoms with Crippen LogP contribution < -0.4 is 9.47 Å². The molecule has 1 aliphatic rings. The van der Waals surface area contributed by atoms with Gasteiger partial charge in [0.2, 0.25) is 0 Å². The molecule has 0 unspecified atom stereocenters. The number of benzene rings is 1. The fraction of sp³-hybridized carbons (Fsp3) is 0.538. The Morgan fingerprint density at radius 2 is 1.75 bits per heavy atom. The lowest BCUT2D eigenvalue weighted by atomic mass is 10.1. The van der Waals surface area contributed by atoms with Crippen molar-refractivity contribution in [1.29, 1.82) is 0 Å². The minimum atomic E-state index is -0.278. The van der Waals surface area contributed by atoms with Crippen molar-refractivity contribution in [2.45, 2.75) is 33.6 Å². The third-order valence-corrected chi connectivity index (χ3v) is 2.11. The molecule has 0 aliphatic carbocycles. The van der Waals surface area contributed by atoms with Gasteiger partial charge in [0.15, 0.2) is 17.3 Å². The average molecular weight is 226 g/mol. The van der Waals surface area contributed by atoms with E-state index >= 15 is 0 Å². The van der Waals surface area contributed by atoms with Crippen molar-refractivity contribution in [1.82, 2.24) is 0 Å². The monoisotopic (exact) mass is 226 g/mol. The van der Waals surface area contributed by atoms with E-state index in [0.29, 0.717) is 30.9 Å². The van der Waals surface area contributed by atoms with Gasteiger partial charge in [0.25, 0.3) is 0 Å². The summed E-state index contributed by atoms with van der Waals surface area (Å²) in [5.41, 5.74) is 0.671. The SMILES string of the molecule is CCC.CCc1ccc2c(c1F)OCCO2. The number of hydrogen-bond acceptors (Lipinski definition) is 2. The van der Waals surface area contributed by atoms with Crippen LogP contribution in [0.2, 0.25) is 0 Å². The van der Waals surface area contributed by atoms with E-state index in [0.717, 1.165) is 0 Å². The van der Waals surface area contributed by atoms with Crippen LogP contribution >= 0.6 is 0 Å². The van der Waals surface area contributed by atoms with Gasteiger partial charge in [-0.3, -0.25) is 0 Å². The normalized spacial score (nSPS) is 12.8. The standard InChI is InChI=1S/C10H11FO2.C3H8/c1-2-7-3-4-8-10(9(7)11)13-6-5-12-8;1-3-2/h3-4H,2,5-6H2,1H3;3H2,1-2H3. The van der Waals surface area contributed by atoms with Gasteiger partial charge in [-0.25, -0.2) is 4.39 Å². The molecule has 2 nitrogen and oxygen atoms in total. The second-order valence-corrected chi connectivity index (χ2v) is 3.62. The van der Waals surface area contributed by atoms with Crippen LogP contribution in [0.25, 0.3) is 0 Å². The predicted molar refractivity (Wildman–Crippen MR) is 62.7 cm³/mol. The quantitative estimate of drug-likeness (QED) is 0.728. The van der Waals surface area contributed by atoms with Crippen molar-refractivity contribution < 1.29 is 13.9 Å². The molecule has 3 heteroatoms. The lowest BCUT2D eigenvalue weighted by Crippen LogP contribution is -2.16. The Kier molecular flexibility index (Phi) is 5.09. The van der Waals surface area contributed by atoms with Crippen molar-refractivity contribution in [3.63, 3.8) is 0 Å². The molecule has 0 N–H and O–H groups in total. The summed E-state index contributed by atoms with van der Waals surface area (Å²) in [5, 5.41) is 0. The molecule has 1 aliphatic heterocycles. The summed E-state index contributed by atoms with van der Waals surface area (Å²) in [4.78, 5) is 0. The van der Waals surface area contributed by atoms with Gasteiger partial charge < -0.3 is 9.47 Å². The summed E-state index contributed by atoms with van der Waals surface area (Å²) in [6.45, 7) is 7.09. The van der Waals surface area contributed by atoms with Crippen molar-refractivity contribution >= 4 is 0 Å². The number of rotatable bonds is 1. The summed E-state index contributed by atoms with van der Waals surface area (Å²) in [7, 11) is 0. The first kappa shape index (κ1) is 12.8. The van der Waals surface area contributed by atoms with Gasteiger partial charge in [-0.05, 0) is 18.1 Å². The lowest BCUT2D eigenvalue weighted by Gasteiger charge is -2.19. The molecule has 90 valence electrons. The van der Waals surface area contributed by atoms with Gasteiger partial charge in [0, 0.05) is 0 Å². The highest BCUT2D eigenvalue weighted by atomic mass is 19.1. The van der Waals surface area contributed by atoms with Gasteiger partial charge in [-0.1, -0.05) is 33.3 Å². The Bertz CT molecular complexity index is 337. The van der Waals surface area contributed by atoms with Gasteiger partial charge in [0.1, 0.15) is 13.2 Å². The first-order valence-electron chi connectivity index (χ1n) is 5.81. The smallest absolute Gasteiger partial charge is 0.197 e. The van der Waals surface area contributed by atoms with E-state index in [1.807, 2.05) is 6.92 Å². The molecule has 16 heavy (non-hydrogen) atoms. The van der Waals surface area contributed by atoms with Crippen LogP contribution in [0.3, 0.4) is 0 Å². The Hall–Kier alpha value is -1.25. The van der Waals surface area contributed by atoms with Crippen LogP contribution in [-0.4, -0.2) is 13.2 Å². The van der Waals surface area contributed by atoms with Crippen molar-refractivity contribution in [3.05, 3.63) is 23.5 Å². The molecule has 0 aromatic heterocycles. The van der Waals surface area contributed by atoms with Crippen LogP contribution in [0.5, 0.6) is 11.5 Å². The molecule has 0 fully saturated rings. The minimum absolute atomic E-state index is 0.269. The number of aryl methyl sites for hydroxylation is 1. The van der Waals surface area contributed by atoms with E-state index in [1.165, 1.54) is 6.42 Å². The number of hydrogen-bond donors (Lipinski definition) is 0. The Balaban J connectivity index is 0.000000386. The molecule has 0 saturated heterocycles. The van der Waals surface area contributed by atoms with E-state index in [1.54, 1.807) is 12.1 Å². The number of ether oxygens (including phenoxy) is 2. The van der Waals surface area contributed by atoms with Crippen LogP contribution in [0.4, 0.5) is 4.39 Å². The Morgan fingerprint density at radius 3 is 2.38 bits per heavy atom. The summed E-state index contributed by atoms with van der Waals surface area (Å²) < 4.78 is 24.0. The van der Waals surface area contributed by atoms with Crippen molar-refractivity contribution in [2.75, 3.05) is 13.2 Å². The number of halogens is 1. The average Bonchev–Trinajstić information content (AvgIpc) is 2.31. The largest absolute Gasteiger partial charge is 0.486 e. The van der Waals surface area contributed by atoms with E-state index < -0.39 is 0 Å². The van der Waals surface area contributed by atoms with Crippen LogP contribution in [0.1, 0.15) is 32.8 Å². The molecule has 0 bridgehead atoms. The predicted octanol–water partition coefficient (Wildman–Crippen LogP) is 3.58. The van der Waals surface area contributed by atoms with Crippen molar-refractivity contribution in [2.24, 2.45) is 0 Å². The van der Waals surface area contributed by atoms with E-state index in [4.69, 9.17) is 9.47 Å². The van der Waals surface area contributed by atoms with E-state index in [2.05, 4.69) is 13.8 Å². The zero-order valence-corrected chi connectivity index (χ0v) is 10.2. The van der Waals surface area contributed by atoms with E-state index in [-0.39, 0.29) is 11.6 Å². The highest BCUT2D eigenvalue weighted by Gasteiger charge is 2.18. The second-order valence-electron chi connectivity index (χ2n) is 3.62. The van der Waals surface area contributed by atoms with Crippen LogP contribution in [0, 0.1) is 5.82 Å². The first-order valence-corrected chi connectivity index (χ1v) is 5.81. The summed E-state index contributed by atoms with van der Waals surface area (Å²) in [5.74, 6) is 0.506. The lowest BCUT2D eigenvalue weighted by molar-refractivity contribution is 0.164. The highest BCUT2D eigenvalue weighted by Crippen LogP contribution is 2.34. The Labute approximate surface area is 96.4 Å². The number of fused-ring (bicyclic) bond motifs is 1. The van der Waals surface area contributed by atoms with Gasteiger partial charge in [-0.2, -0.15) is 0 Å². The summed E-state index contributed by atoms with van der Waals surface area (Å²) in [6.07, 6.45) is 1.92. The zero-order valence-electron chi connectivity index (χ0n) is 10.2. The maximum absolute atomic E-state index is 13.5. The molecule has 0 amide bonds. The third kappa shape index (κ3) is 2.87.